The summed E-state index contributed by atoms with van der Waals surface area (Å²) in [4.78, 5) is 8.26. The van der Waals surface area contributed by atoms with E-state index in [4.69, 9.17) is 4.74 Å². The van der Waals surface area contributed by atoms with Crippen molar-refractivity contribution >= 4 is 31.8 Å². The maximum Gasteiger partial charge on any atom is 0.178 e. The molecule has 1 unspecified atom stereocenters. The van der Waals surface area contributed by atoms with Gasteiger partial charge in [-0.2, -0.15) is 0 Å². The first kappa shape index (κ1) is 23.3. The maximum atomic E-state index is 12.5. The van der Waals surface area contributed by atoms with Gasteiger partial charge in [0.2, 0.25) is 0 Å². The van der Waals surface area contributed by atoms with E-state index in [9.17, 15) is 13.5 Å². The van der Waals surface area contributed by atoms with Crippen molar-refractivity contribution in [1.29, 1.82) is 0 Å². The summed E-state index contributed by atoms with van der Waals surface area (Å²) in [6.45, 7) is 9.10. The minimum atomic E-state index is -3.33. The summed E-state index contributed by atoms with van der Waals surface area (Å²) in [6.07, 6.45) is 2.08. The quantitative estimate of drug-likeness (QED) is 0.380. The van der Waals surface area contributed by atoms with Gasteiger partial charge in [0.05, 0.1) is 27.9 Å². The van der Waals surface area contributed by atoms with E-state index >= 15 is 0 Å². The second-order valence-corrected chi connectivity index (χ2v) is 11.5. The molecule has 4 aromatic rings. The Balaban J connectivity index is 1.93. The van der Waals surface area contributed by atoms with Crippen molar-refractivity contribution in [1.82, 2.24) is 9.97 Å². The molecule has 33 heavy (non-hydrogen) atoms. The normalized spacial score (nSPS) is 13.5. The molecule has 2 heterocycles. The van der Waals surface area contributed by atoms with E-state index in [0.717, 1.165) is 38.6 Å². The van der Waals surface area contributed by atoms with E-state index in [0.29, 0.717) is 17.1 Å². The number of pyridine rings is 1. The third-order valence-corrected chi connectivity index (χ3v) is 7.44. The molecule has 0 fully saturated rings. The highest BCUT2D eigenvalue weighted by Crippen LogP contribution is 2.40. The van der Waals surface area contributed by atoms with Gasteiger partial charge in [0, 0.05) is 23.4 Å². The smallest absolute Gasteiger partial charge is 0.178 e. The summed E-state index contributed by atoms with van der Waals surface area (Å²) in [6, 6.07) is 13.0. The second-order valence-electron chi connectivity index (χ2n) is 9.27. The predicted octanol–water partition coefficient (Wildman–Crippen LogP) is 5.41. The number of rotatable bonds is 7. The molecule has 1 atom stereocenters. The molecule has 2 aromatic carbocycles. The largest absolute Gasteiger partial charge is 0.488 e. The summed E-state index contributed by atoms with van der Waals surface area (Å²) in [5, 5.41) is 12.1. The minimum absolute atomic E-state index is 0.0495. The fourth-order valence-electron chi connectivity index (χ4n) is 4.29. The van der Waals surface area contributed by atoms with E-state index in [2.05, 4.69) is 16.0 Å². The summed E-state index contributed by atoms with van der Waals surface area (Å²) in [7, 11) is -3.33. The Hall–Kier alpha value is -2.90. The fourth-order valence-corrected chi connectivity index (χ4v) is 5.22. The highest BCUT2D eigenvalue weighted by Gasteiger charge is 2.22. The molecule has 4 rings (SSSR count). The van der Waals surface area contributed by atoms with Crippen molar-refractivity contribution < 1.29 is 18.3 Å². The van der Waals surface area contributed by atoms with Crippen LogP contribution in [0.2, 0.25) is 0 Å². The summed E-state index contributed by atoms with van der Waals surface area (Å²) < 4.78 is 31.2. The molecule has 7 heteroatoms. The van der Waals surface area contributed by atoms with E-state index in [1.807, 2.05) is 38.2 Å². The summed E-state index contributed by atoms with van der Waals surface area (Å²) in [5.74, 6) is 0.715. The Morgan fingerprint density at radius 2 is 1.94 bits per heavy atom. The lowest BCUT2D eigenvalue weighted by molar-refractivity contribution is 0.0327. The van der Waals surface area contributed by atoms with E-state index < -0.39 is 15.4 Å². The van der Waals surface area contributed by atoms with Gasteiger partial charge < -0.3 is 14.8 Å². The van der Waals surface area contributed by atoms with Crippen LogP contribution in [0.5, 0.6) is 5.75 Å². The van der Waals surface area contributed by atoms with Crippen LogP contribution in [0.1, 0.15) is 39.7 Å². The van der Waals surface area contributed by atoms with Gasteiger partial charge in [0.1, 0.15) is 11.4 Å². The van der Waals surface area contributed by atoms with Crippen LogP contribution in [0.3, 0.4) is 0 Å². The number of ether oxygens (including phenoxy) is 1. The molecule has 2 aromatic heterocycles. The lowest BCUT2D eigenvalue weighted by Crippen LogP contribution is -2.27. The first-order valence-electron chi connectivity index (χ1n) is 11.1. The van der Waals surface area contributed by atoms with Gasteiger partial charge in [0.15, 0.2) is 9.84 Å². The standard InChI is InChI=1S/C26H30N2O4S/c1-6-33(30,31)19-9-7-8-18(13-19)20-10-11-22(32-17(3)14-26(4,5)29)24-23(20)21-12-16(2)15-27-25(21)28-24/h7-13,15,17,29H,6,14H2,1-5H3,(H,27,28). The number of hydrogen-bond donors (Lipinski definition) is 2. The van der Waals surface area contributed by atoms with Crippen LogP contribution in [0.15, 0.2) is 53.6 Å². The number of aliphatic hydroxyl groups is 1. The predicted molar refractivity (Wildman–Crippen MR) is 133 cm³/mol. The zero-order chi connectivity index (χ0) is 24.0. The minimum Gasteiger partial charge on any atom is -0.488 e. The van der Waals surface area contributed by atoms with Gasteiger partial charge in [-0.3, -0.25) is 0 Å². The molecular weight excluding hydrogens is 436 g/mol. The van der Waals surface area contributed by atoms with Gasteiger partial charge >= 0.3 is 0 Å². The Kier molecular flexibility index (Phi) is 5.97. The van der Waals surface area contributed by atoms with Gasteiger partial charge in [-0.25, -0.2) is 13.4 Å². The topological polar surface area (TPSA) is 92.3 Å². The molecule has 174 valence electrons. The highest BCUT2D eigenvalue weighted by atomic mass is 32.2. The van der Waals surface area contributed by atoms with Crippen LogP contribution in [-0.4, -0.2) is 41.0 Å². The van der Waals surface area contributed by atoms with Gasteiger partial charge in [-0.05, 0) is 74.7 Å². The van der Waals surface area contributed by atoms with Gasteiger partial charge in [0.25, 0.3) is 0 Å². The average Bonchev–Trinajstić information content (AvgIpc) is 3.12. The molecule has 6 nitrogen and oxygen atoms in total. The number of sulfone groups is 1. The number of hydrogen-bond acceptors (Lipinski definition) is 5. The Bertz CT molecular complexity index is 1430. The van der Waals surface area contributed by atoms with E-state index in [-0.39, 0.29) is 11.9 Å². The number of nitrogens with one attached hydrogen (secondary N) is 1. The molecular formula is C26H30N2O4S. The fraction of sp³-hybridized carbons (Fsp3) is 0.346. The molecule has 0 radical (unpaired) electrons. The van der Waals surface area contributed by atoms with Crippen LogP contribution >= 0.6 is 0 Å². The number of benzene rings is 2. The van der Waals surface area contributed by atoms with Crippen molar-refractivity contribution in [3.63, 3.8) is 0 Å². The van der Waals surface area contributed by atoms with Crippen LogP contribution < -0.4 is 4.74 Å². The van der Waals surface area contributed by atoms with Crippen LogP contribution in [0.4, 0.5) is 0 Å². The SMILES string of the molecule is CCS(=O)(=O)c1cccc(-c2ccc(OC(C)CC(C)(C)O)c3[nH]c4ncc(C)cc4c23)c1. The Morgan fingerprint density at radius 1 is 1.18 bits per heavy atom. The lowest BCUT2D eigenvalue weighted by atomic mass is 9.99. The second kappa shape index (κ2) is 8.47. The van der Waals surface area contributed by atoms with E-state index in [1.54, 1.807) is 39.0 Å². The first-order chi connectivity index (χ1) is 15.5. The van der Waals surface area contributed by atoms with Crippen molar-refractivity contribution in [3.8, 4) is 16.9 Å². The van der Waals surface area contributed by atoms with Crippen LogP contribution in [0, 0.1) is 6.92 Å². The van der Waals surface area contributed by atoms with Crippen LogP contribution in [0.25, 0.3) is 33.1 Å². The number of nitrogens with zero attached hydrogens (tertiary/aromatic N) is 1. The molecule has 2 N–H and O–H groups in total. The molecule has 0 bridgehead atoms. The summed E-state index contributed by atoms with van der Waals surface area (Å²) in [5.41, 5.74) is 3.43. The average molecular weight is 467 g/mol. The molecule has 0 aliphatic heterocycles. The zero-order valence-corrected chi connectivity index (χ0v) is 20.5. The monoisotopic (exact) mass is 466 g/mol. The zero-order valence-electron chi connectivity index (χ0n) is 19.6. The molecule has 0 spiro atoms. The number of aromatic amines is 1. The lowest BCUT2D eigenvalue weighted by Gasteiger charge is -2.23. The molecule has 0 amide bonds. The molecule has 0 aliphatic rings. The van der Waals surface area contributed by atoms with Crippen molar-refractivity contribution in [2.45, 2.75) is 57.6 Å². The Morgan fingerprint density at radius 3 is 2.64 bits per heavy atom. The van der Waals surface area contributed by atoms with Crippen molar-refractivity contribution in [2.24, 2.45) is 0 Å². The highest BCUT2D eigenvalue weighted by molar-refractivity contribution is 7.91. The number of aromatic nitrogens is 2. The molecule has 0 aliphatic carbocycles. The molecule has 0 saturated heterocycles. The molecule has 0 saturated carbocycles. The first-order valence-corrected chi connectivity index (χ1v) is 12.8. The third-order valence-electron chi connectivity index (χ3n) is 5.70. The van der Waals surface area contributed by atoms with Crippen LogP contribution in [-0.2, 0) is 9.84 Å². The number of fused-ring (bicyclic) bond motifs is 3. The number of aryl methyl sites for hydroxylation is 1. The Labute approximate surface area is 194 Å². The number of H-pyrrole nitrogens is 1. The van der Waals surface area contributed by atoms with Crippen molar-refractivity contribution in [2.75, 3.05) is 5.75 Å². The van der Waals surface area contributed by atoms with E-state index in [1.165, 1.54) is 0 Å². The summed E-state index contributed by atoms with van der Waals surface area (Å²) >= 11 is 0. The maximum absolute atomic E-state index is 12.5. The van der Waals surface area contributed by atoms with Gasteiger partial charge in [-0.1, -0.05) is 19.1 Å². The van der Waals surface area contributed by atoms with Gasteiger partial charge in [-0.15, -0.1) is 0 Å². The van der Waals surface area contributed by atoms with Crippen molar-refractivity contribution in [3.05, 3.63) is 54.2 Å². The third kappa shape index (κ3) is 4.75.